The summed E-state index contributed by atoms with van der Waals surface area (Å²) in [6.07, 6.45) is 0.679. The zero-order chi connectivity index (χ0) is 15.1. The van der Waals surface area contributed by atoms with Gasteiger partial charge >= 0.3 is 6.03 Å². The lowest BCUT2D eigenvalue weighted by molar-refractivity contribution is 0.246. The molecule has 0 atom stereocenters. The number of benzene rings is 2. The van der Waals surface area contributed by atoms with Crippen molar-refractivity contribution >= 4 is 11.7 Å². The first-order valence-corrected chi connectivity index (χ1v) is 7.05. The van der Waals surface area contributed by atoms with Crippen molar-refractivity contribution in [3.8, 4) is 0 Å². The molecule has 21 heavy (non-hydrogen) atoms. The molecule has 2 aromatic rings. The van der Waals surface area contributed by atoms with Gasteiger partial charge in [-0.15, -0.1) is 0 Å². The van der Waals surface area contributed by atoms with Gasteiger partial charge in [0, 0.05) is 18.8 Å². The molecule has 1 N–H and O–H groups in total. The zero-order valence-electron chi connectivity index (χ0n) is 12.1. The summed E-state index contributed by atoms with van der Waals surface area (Å²) in [5.41, 5.74) is 1.87. The Morgan fingerprint density at radius 2 is 1.76 bits per heavy atom. The van der Waals surface area contributed by atoms with Gasteiger partial charge in [0.05, 0.1) is 0 Å². The molecule has 0 heterocycles. The summed E-state index contributed by atoms with van der Waals surface area (Å²) in [7, 11) is 0. The van der Waals surface area contributed by atoms with Crippen molar-refractivity contribution < 1.29 is 9.18 Å². The number of halogens is 1. The molecule has 0 saturated heterocycles. The highest BCUT2D eigenvalue weighted by Gasteiger charge is 2.12. The van der Waals surface area contributed by atoms with Gasteiger partial charge in [0.25, 0.3) is 0 Å². The van der Waals surface area contributed by atoms with E-state index in [1.165, 1.54) is 12.1 Å². The minimum atomic E-state index is -0.246. The molecule has 110 valence electrons. The van der Waals surface area contributed by atoms with Crippen LogP contribution in [0.4, 0.5) is 14.9 Å². The van der Waals surface area contributed by atoms with Crippen LogP contribution in [0.1, 0.15) is 12.5 Å². The van der Waals surface area contributed by atoms with Gasteiger partial charge in [0.2, 0.25) is 0 Å². The highest BCUT2D eigenvalue weighted by Crippen LogP contribution is 2.12. The van der Waals surface area contributed by atoms with Gasteiger partial charge in [-0.2, -0.15) is 0 Å². The Kier molecular flexibility index (Phi) is 5.32. The smallest absolute Gasteiger partial charge is 0.321 e. The van der Waals surface area contributed by atoms with E-state index < -0.39 is 0 Å². The fourth-order valence-corrected chi connectivity index (χ4v) is 2.11. The van der Waals surface area contributed by atoms with Gasteiger partial charge in [0.15, 0.2) is 0 Å². The van der Waals surface area contributed by atoms with Crippen molar-refractivity contribution in [2.24, 2.45) is 0 Å². The molecular weight excluding hydrogens is 267 g/mol. The Morgan fingerprint density at radius 3 is 2.38 bits per heavy atom. The summed E-state index contributed by atoms with van der Waals surface area (Å²) < 4.78 is 12.8. The van der Waals surface area contributed by atoms with Crippen molar-refractivity contribution in [2.75, 3.05) is 18.0 Å². The molecule has 2 aromatic carbocycles. The van der Waals surface area contributed by atoms with Crippen molar-refractivity contribution in [1.82, 2.24) is 5.32 Å². The summed E-state index contributed by atoms with van der Waals surface area (Å²) in [4.78, 5) is 13.9. The lowest BCUT2D eigenvalue weighted by atomic mass is 10.1. The number of nitrogens with zero attached hydrogens (tertiary/aromatic N) is 1. The van der Waals surface area contributed by atoms with E-state index in [1.807, 2.05) is 37.3 Å². The monoisotopic (exact) mass is 286 g/mol. The molecule has 0 fully saturated rings. The number of anilines is 1. The van der Waals surface area contributed by atoms with E-state index in [0.29, 0.717) is 19.5 Å². The lowest BCUT2D eigenvalue weighted by Gasteiger charge is -2.21. The van der Waals surface area contributed by atoms with Gasteiger partial charge in [-0.1, -0.05) is 30.3 Å². The standard InChI is InChI=1S/C17H19FN2O/c1-2-20(16-6-4-3-5-7-16)17(21)19-13-12-14-8-10-15(18)11-9-14/h3-11H,2,12-13H2,1H3,(H,19,21). The second-order valence-corrected chi connectivity index (χ2v) is 4.69. The summed E-state index contributed by atoms with van der Waals surface area (Å²) in [5, 5.41) is 2.89. The summed E-state index contributed by atoms with van der Waals surface area (Å²) in [5.74, 6) is -0.246. The van der Waals surface area contributed by atoms with Gasteiger partial charge < -0.3 is 5.32 Å². The van der Waals surface area contributed by atoms with Gasteiger partial charge in [-0.25, -0.2) is 9.18 Å². The van der Waals surface area contributed by atoms with Gasteiger partial charge in [-0.05, 0) is 43.2 Å². The summed E-state index contributed by atoms with van der Waals surface area (Å²) in [6.45, 7) is 3.06. The van der Waals surface area contributed by atoms with Gasteiger partial charge in [0.1, 0.15) is 5.82 Å². The molecular formula is C17H19FN2O. The van der Waals surface area contributed by atoms with E-state index in [9.17, 15) is 9.18 Å². The number of carbonyl (C=O) groups excluding carboxylic acids is 1. The maximum atomic E-state index is 12.8. The minimum absolute atomic E-state index is 0.120. The maximum absolute atomic E-state index is 12.8. The number of para-hydroxylation sites is 1. The Morgan fingerprint density at radius 1 is 1.10 bits per heavy atom. The highest BCUT2D eigenvalue weighted by atomic mass is 19.1. The van der Waals surface area contributed by atoms with E-state index in [0.717, 1.165) is 11.3 Å². The van der Waals surface area contributed by atoms with E-state index in [4.69, 9.17) is 0 Å². The van der Waals surface area contributed by atoms with Crippen LogP contribution >= 0.6 is 0 Å². The first-order chi connectivity index (χ1) is 10.2. The number of nitrogens with one attached hydrogen (secondary N) is 1. The number of urea groups is 1. The second-order valence-electron chi connectivity index (χ2n) is 4.69. The third-order valence-electron chi connectivity index (χ3n) is 3.23. The third-order valence-corrected chi connectivity index (χ3v) is 3.23. The van der Waals surface area contributed by atoms with Crippen LogP contribution in [0.3, 0.4) is 0 Å². The number of amides is 2. The topological polar surface area (TPSA) is 32.3 Å². The van der Waals surface area contributed by atoms with Crippen molar-refractivity contribution in [2.45, 2.75) is 13.3 Å². The van der Waals surface area contributed by atoms with Crippen LogP contribution in [-0.2, 0) is 6.42 Å². The molecule has 0 aliphatic carbocycles. The fourth-order valence-electron chi connectivity index (χ4n) is 2.11. The summed E-state index contributed by atoms with van der Waals surface area (Å²) in [6, 6.07) is 15.8. The SMILES string of the molecule is CCN(C(=O)NCCc1ccc(F)cc1)c1ccccc1. The Hall–Kier alpha value is -2.36. The van der Waals surface area contributed by atoms with Gasteiger partial charge in [-0.3, -0.25) is 4.90 Å². The average molecular weight is 286 g/mol. The van der Waals surface area contributed by atoms with Crippen LogP contribution in [0.2, 0.25) is 0 Å². The average Bonchev–Trinajstić information content (AvgIpc) is 2.51. The van der Waals surface area contributed by atoms with Crippen molar-refractivity contribution in [3.63, 3.8) is 0 Å². The molecule has 0 bridgehead atoms. The van der Waals surface area contributed by atoms with Crippen LogP contribution < -0.4 is 10.2 Å². The first kappa shape index (κ1) is 15.0. The Bertz CT molecular complexity index is 569. The molecule has 0 saturated carbocycles. The molecule has 2 amide bonds. The third kappa shape index (κ3) is 4.31. The number of hydrogen-bond acceptors (Lipinski definition) is 1. The molecule has 4 heteroatoms. The Labute approximate surface area is 124 Å². The maximum Gasteiger partial charge on any atom is 0.321 e. The van der Waals surface area contributed by atoms with E-state index >= 15 is 0 Å². The molecule has 0 spiro atoms. The number of carbonyl (C=O) groups is 1. The van der Waals surface area contributed by atoms with Crippen LogP contribution in [0.25, 0.3) is 0 Å². The zero-order valence-corrected chi connectivity index (χ0v) is 12.1. The summed E-state index contributed by atoms with van der Waals surface area (Å²) >= 11 is 0. The molecule has 3 nitrogen and oxygen atoms in total. The molecule has 2 rings (SSSR count). The molecule has 0 aromatic heterocycles. The number of rotatable bonds is 5. The predicted molar refractivity (Wildman–Crippen MR) is 83.0 cm³/mol. The van der Waals surface area contributed by atoms with Crippen LogP contribution in [0.15, 0.2) is 54.6 Å². The first-order valence-electron chi connectivity index (χ1n) is 7.05. The molecule has 0 aliphatic heterocycles. The van der Waals surface area contributed by atoms with Crippen molar-refractivity contribution in [1.29, 1.82) is 0 Å². The lowest BCUT2D eigenvalue weighted by Crippen LogP contribution is -2.40. The second kappa shape index (κ2) is 7.43. The van der Waals surface area contributed by atoms with Crippen LogP contribution in [-0.4, -0.2) is 19.1 Å². The quantitative estimate of drug-likeness (QED) is 0.895. The van der Waals surface area contributed by atoms with E-state index in [-0.39, 0.29) is 11.8 Å². The van der Waals surface area contributed by atoms with Crippen LogP contribution in [0.5, 0.6) is 0 Å². The normalized spacial score (nSPS) is 10.2. The van der Waals surface area contributed by atoms with E-state index in [2.05, 4.69) is 5.32 Å². The largest absolute Gasteiger partial charge is 0.337 e. The minimum Gasteiger partial charge on any atom is -0.337 e. The van der Waals surface area contributed by atoms with Crippen molar-refractivity contribution in [3.05, 3.63) is 66.0 Å². The highest BCUT2D eigenvalue weighted by molar-refractivity contribution is 5.91. The fraction of sp³-hybridized carbons (Fsp3) is 0.235. The predicted octanol–water partition coefficient (Wildman–Crippen LogP) is 3.60. The molecule has 0 aliphatic rings. The molecule has 0 radical (unpaired) electrons. The molecule has 0 unspecified atom stereocenters. The van der Waals surface area contributed by atoms with E-state index in [1.54, 1.807) is 17.0 Å². The Balaban J connectivity index is 1.87. The van der Waals surface area contributed by atoms with Crippen LogP contribution in [0, 0.1) is 5.82 Å². The number of hydrogen-bond donors (Lipinski definition) is 1.